The van der Waals surface area contributed by atoms with Crippen molar-refractivity contribution in [3.8, 4) is 11.5 Å². The maximum Gasteiger partial charge on any atom is 0.127 e. The molecule has 2 N–H and O–H groups in total. The van der Waals surface area contributed by atoms with Crippen molar-refractivity contribution in [1.82, 2.24) is 0 Å². The van der Waals surface area contributed by atoms with Gasteiger partial charge in [-0.05, 0) is 61.8 Å². The van der Waals surface area contributed by atoms with Crippen molar-refractivity contribution < 1.29 is 14.9 Å². The zero-order valence-corrected chi connectivity index (χ0v) is 18.3. The van der Waals surface area contributed by atoms with E-state index in [0.717, 1.165) is 41.7 Å². The van der Waals surface area contributed by atoms with Crippen molar-refractivity contribution in [2.45, 2.75) is 96.5 Å². The predicted molar refractivity (Wildman–Crippen MR) is 115 cm³/mol. The lowest BCUT2D eigenvalue weighted by atomic mass is 9.66. The SMILES string of the molecule is CCCCCCC(C)(C)c1cc(O)c2c(c1)OC(C)(C)[C@H]1CC=C(CO)CC21. The lowest BCUT2D eigenvalue weighted by Gasteiger charge is -2.47. The number of hydrogen-bond donors (Lipinski definition) is 2. The highest BCUT2D eigenvalue weighted by atomic mass is 16.5. The van der Waals surface area contributed by atoms with E-state index in [9.17, 15) is 10.2 Å². The standard InChI is InChI=1S/C25H38O3/c1-6-7-8-9-12-24(2,3)18-14-21(27)23-19-13-17(16-26)10-11-20(19)25(4,5)28-22(23)15-18/h10,14-15,19-20,26-27H,6-9,11-13,16H2,1-5H3/t19?,20-/m0/s1. The quantitative estimate of drug-likeness (QED) is 0.432. The fraction of sp³-hybridized carbons (Fsp3) is 0.680. The van der Waals surface area contributed by atoms with E-state index in [2.05, 4.69) is 46.8 Å². The number of aliphatic hydroxyl groups excluding tert-OH is 1. The largest absolute Gasteiger partial charge is 0.508 e. The summed E-state index contributed by atoms with van der Waals surface area (Å²) >= 11 is 0. The Bertz CT molecular complexity index is 730. The molecule has 1 aliphatic heterocycles. The van der Waals surface area contributed by atoms with Crippen molar-refractivity contribution in [2.24, 2.45) is 5.92 Å². The van der Waals surface area contributed by atoms with Gasteiger partial charge < -0.3 is 14.9 Å². The number of benzene rings is 1. The second kappa shape index (κ2) is 8.10. The molecule has 3 rings (SSSR count). The van der Waals surface area contributed by atoms with Gasteiger partial charge in [0.2, 0.25) is 0 Å². The third kappa shape index (κ3) is 4.10. The first kappa shape index (κ1) is 21.2. The maximum absolute atomic E-state index is 11.0. The van der Waals surface area contributed by atoms with Crippen LogP contribution in [0.3, 0.4) is 0 Å². The van der Waals surface area contributed by atoms with Gasteiger partial charge in [-0.25, -0.2) is 0 Å². The summed E-state index contributed by atoms with van der Waals surface area (Å²) in [5.74, 6) is 1.71. The molecule has 1 heterocycles. The fourth-order valence-electron chi connectivity index (χ4n) is 5.12. The molecule has 3 heteroatoms. The molecule has 1 aliphatic carbocycles. The molecule has 3 nitrogen and oxygen atoms in total. The van der Waals surface area contributed by atoms with Crippen LogP contribution in [0, 0.1) is 5.92 Å². The van der Waals surface area contributed by atoms with Crippen molar-refractivity contribution in [2.75, 3.05) is 6.61 Å². The number of hydrogen-bond acceptors (Lipinski definition) is 3. The van der Waals surface area contributed by atoms with Gasteiger partial charge in [0.25, 0.3) is 0 Å². The van der Waals surface area contributed by atoms with Crippen molar-refractivity contribution in [3.63, 3.8) is 0 Å². The topological polar surface area (TPSA) is 49.7 Å². The molecule has 0 spiro atoms. The molecule has 1 unspecified atom stereocenters. The number of rotatable bonds is 7. The highest BCUT2D eigenvalue weighted by Crippen LogP contribution is 2.54. The number of fused-ring (bicyclic) bond motifs is 3. The Hall–Kier alpha value is -1.48. The van der Waals surface area contributed by atoms with Gasteiger partial charge in [-0.3, -0.25) is 0 Å². The first-order valence-corrected chi connectivity index (χ1v) is 11.0. The molecule has 0 bridgehead atoms. The number of allylic oxidation sites excluding steroid dienone is 1. The maximum atomic E-state index is 11.0. The number of aliphatic hydroxyl groups is 1. The van der Waals surface area contributed by atoms with Crippen LogP contribution in [0.15, 0.2) is 23.8 Å². The molecule has 0 fully saturated rings. The third-order valence-electron chi connectivity index (χ3n) is 7.03. The van der Waals surface area contributed by atoms with Gasteiger partial charge in [0, 0.05) is 17.4 Å². The molecular weight excluding hydrogens is 348 g/mol. The molecule has 0 saturated heterocycles. The minimum Gasteiger partial charge on any atom is -0.508 e. The highest BCUT2D eigenvalue weighted by molar-refractivity contribution is 5.54. The molecule has 156 valence electrons. The second-order valence-electron chi connectivity index (χ2n) is 9.98. The molecule has 1 aromatic rings. The van der Waals surface area contributed by atoms with E-state index in [1.807, 2.05) is 6.07 Å². The molecule has 28 heavy (non-hydrogen) atoms. The van der Waals surface area contributed by atoms with Gasteiger partial charge in [-0.1, -0.05) is 52.5 Å². The molecule has 0 saturated carbocycles. The first-order valence-electron chi connectivity index (χ1n) is 11.0. The number of phenols is 1. The summed E-state index contributed by atoms with van der Waals surface area (Å²) in [5, 5.41) is 20.7. The molecule has 2 atom stereocenters. The van der Waals surface area contributed by atoms with Crippen molar-refractivity contribution >= 4 is 0 Å². The zero-order chi connectivity index (χ0) is 20.5. The average Bonchev–Trinajstić information content (AvgIpc) is 2.63. The van der Waals surface area contributed by atoms with Gasteiger partial charge in [-0.2, -0.15) is 0 Å². The lowest BCUT2D eigenvalue weighted by molar-refractivity contribution is 0.00662. The lowest BCUT2D eigenvalue weighted by Crippen LogP contribution is -2.45. The Morgan fingerprint density at radius 3 is 2.61 bits per heavy atom. The highest BCUT2D eigenvalue weighted by Gasteiger charge is 2.46. The minimum absolute atomic E-state index is 0.00727. The predicted octanol–water partition coefficient (Wildman–Crippen LogP) is 6.22. The molecule has 0 aromatic heterocycles. The minimum atomic E-state index is -0.286. The normalized spacial score (nSPS) is 23.4. The van der Waals surface area contributed by atoms with E-state index in [1.165, 1.54) is 25.7 Å². The molecule has 1 aromatic carbocycles. The van der Waals surface area contributed by atoms with Crippen LogP contribution < -0.4 is 4.74 Å². The molecule has 2 aliphatic rings. The Balaban J connectivity index is 1.93. The second-order valence-corrected chi connectivity index (χ2v) is 9.98. The monoisotopic (exact) mass is 386 g/mol. The van der Waals surface area contributed by atoms with Crippen LogP contribution in [0.4, 0.5) is 0 Å². The number of ether oxygens (including phenoxy) is 1. The van der Waals surface area contributed by atoms with E-state index < -0.39 is 0 Å². The molecule has 0 radical (unpaired) electrons. The van der Waals surface area contributed by atoms with Gasteiger partial charge in [0.05, 0.1) is 6.61 Å². The third-order valence-corrected chi connectivity index (χ3v) is 7.03. The summed E-state index contributed by atoms with van der Waals surface area (Å²) in [5.41, 5.74) is 2.89. The van der Waals surface area contributed by atoms with Gasteiger partial charge in [-0.15, -0.1) is 0 Å². The van der Waals surface area contributed by atoms with E-state index in [4.69, 9.17) is 4.74 Å². The van der Waals surface area contributed by atoms with Crippen molar-refractivity contribution in [3.05, 3.63) is 34.9 Å². The summed E-state index contributed by atoms with van der Waals surface area (Å²) in [6, 6.07) is 4.14. The summed E-state index contributed by atoms with van der Waals surface area (Å²) in [6.45, 7) is 11.2. The zero-order valence-electron chi connectivity index (χ0n) is 18.3. The van der Waals surface area contributed by atoms with Gasteiger partial charge in [0.15, 0.2) is 0 Å². The van der Waals surface area contributed by atoms with E-state index in [1.54, 1.807) is 0 Å². The molecule has 0 amide bonds. The Morgan fingerprint density at radius 1 is 1.18 bits per heavy atom. The van der Waals surface area contributed by atoms with Crippen LogP contribution in [-0.2, 0) is 5.41 Å². The summed E-state index contributed by atoms with van der Waals surface area (Å²) < 4.78 is 6.47. The fourth-order valence-corrected chi connectivity index (χ4v) is 5.12. The Morgan fingerprint density at radius 2 is 1.93 bits per heavy atom. The van der Waals surface area contributed by atoms with E-state index >= 15 is 0 Å². The Labute approximate surface area is 170 Å². The van der Waals surface area contributed by atoms with Crippen LogP contribution in [0.5, 0.6) is 11.5 Å². The van der Waals surface area contributed by atoms with Gasteiger partial charge in [0.1, 0.15) is 17.1 Å². The van der Waals surface area contributed by atoms with E-state index in [-0.39, 0.29) is 23.5 Å². The smallest absolute Gasteiger partial charge is 0.127 e. The molecular formula is C25H38O3. The summed E-state index contributed by atoms with van der Waals surface area (Å²) in [4.78, 5) is 0. The van der Waals surface area contributed by atoms with E-state index in [0.29, 0.717) is 11.7 Å². The summed E-state index contributed by atoms with van der Waals surface area (Å²) in [7, 11) is 0. The number of aromatic hydroxyl groups is 1. The Kier molecular flexibility index (Phi) is 6.14. The number of phenolic OH excluding ortho intramolecular Hbond substituents is 1. The first-order chi connectivity index (χ1) is 13.2. The number of unbranched alkanes of at least 4 members (excludes halogenated alkanes) is 3. The van der Waals surface area contributed by atoms with Crippen LogP contribution in [0.2, 0.25) is 0 Å². The van der Waals surface area contributed by atoms with Crippen LogP contribution >= 0.6 is 0 Å². The van der Waals surface area contributed by atoms with Gasteiger partial charge >= 0.3 is 0 Å². The van der Waals surface area contributed by atoms with Crippen LogP contribution in [0.1, 0.15) is 96.6 Å². The van der Waals surface area contributed by atoms with Crippen molar-refractivity contribution in [1.29, 1.82) is 0 Å². The summed E-state index contributed by atoms with van der Waals surface area (Å²) in [6.07, 6.45) is 9.95. The van der Waals surface area contributed by atoms with Crippen LogP contribution in [0.25, 0.3) is 0 Å². The van der Waals surface area contributed by atoms with Crippen LogP contribution in [-0.4, -0.2) is 22.4 Å². The average molecular weight is 387 g/mol.